The molecule has 5 atom stereocenters. The predicted octanol–water partition coefficient (Wildman–Crippen LogP) is 4.08. The first-order valence-corrected chi connectivity index (χ1v) is 10.2. The van der Waals surface area contributed by atoms with E-state index in [0.717, 1.165) is 51.0 Å². The van der Waals surface area contributed by atoms with Gasteiger partial charge in [-0.25, -0.2) is 0 Å². The molecule has 1 heterocycles. The van der Waals surface area contributed by atoms with Gasteiger partial charge in [-0.3, -0.25) is 5.01 Å². The van der Waals surface area contributed by atoms with E-state index in [0.29, 0.717) is 17.9 Å². The van der Waals surface area contributed by atoms with Crippen molar-refractivity contribution in [2.45, 2.75) is 84.8 Å². The lowest BCUT2D eigenvalue weighted by Gasteiger charge is -2.53. The van der Waals surface area contributed by atoms with Gasteiger partial charge in [0.25, 0.3) is 0 Å². The van der Waals surface area contributed by atoms with Gasteiger partial charge in [0, 0.05) is 19.1 Å². The SMILES string of the molecule is COC[C@@H]1CCCN1/N=C1\C[C@@H](C)[C@]2(C[C@@H](C)CC(C)(C)C2)[C@]1(C)O. The third-order valence-electron chi connectivity index (χ3n) is 7.34. The van der Waals surface area contributed by atoms with E-state index in [4.69, 9.17) is 9.84 Å². The van der Waals surface area contributed by atoms with Crippen LogP contribution in [-0.2, 0) is 4.74 Å². The van der Waals surface area contributed by atoms with E-state index in [1.165, 1.54) is 6.42 Å². The van der Waals surface area contributed by atoms with Crippen molar-refractivity contribution in [3.63, 3.8) is 0 Å². The molecule has 4 nitrogen and oxygen atoms in total. The molecule has 0 amide bonds. The zero-order valence-corrected chi connectivity index (χ0v) is 17.1. The Bertz CT molecular complexity index is 528. The lowest BCUT2D eigenvalue weighted by molar-refractivity contribution is -0.0958. The van der Waals surface area contributed by atoms with E-state index < -0.39 is 5.60 Å². The maximum absolute atomic E-state index is 11.7. The molecule has 0 unspecified atom stereocenters. The molecular weight excluding hydrogens is 312 g/mol. The van der Waals surface area contributed by atoms with Crippen molar-refractivity contribution in [1.82, 2.24) is 5.01 Å². The van der Waals surface area contributed by atoms with Crippen molar-refractivity contribution in [1.29, 1.82) is 0 Å². The lowest BCUT2D eigenvalue weighted by atomic mass is 9.53. The Labute approximate surface area is 154 Å². The number of methoxy groups -OCH3 is 1. The van der Waals surface area contributed by atoms with Crippen LogP contribution in [0.5, 0.6) is 0 Å². The van der Waals surface area contributed by atoms with Gasteiger partial charge in [-0.05, 0) is 62.7 Å². The Morgan fingerprint density at radius 1 is 1.24 bits per heavy atom. The normalized spacial score (nSPS) is 45.6. The van der Waals surface area contributed by atoms with Gasteiger partial charge >= 0.3 is 0 Å². The highest BCUT2D eigenvalue weighted by atomic mass is 16.5. The maximum atomic E-state index is 11.7. The monoisotopic (exact) mass is 350 g/mol. The fourth-order valence-corrected chi connectivity index (χ4v) is 6.44. The molecular formula is C21H38N2O2. The highest BCUT2D eigenvalue weighted by Crippen LogP contribution is 2.62. The summed E-state index contributed by atoms with van der Waals surface area (Å²) in [6.45, 7) is 13.2. The lowest BCUT2D eigenvalue weighted by Crippen LogP contribution is -2.53. The average molecular weight is 351 g/mol. The summed E-state index contributed by atoms with van der Waals surface area (Å²) in [6.07, 6.45) is 6.69. The van der Waals surface area contributed by atoms with Gasteiger partial charge in [0.05, 0.1) is 18.4 Å². The number of ether oxygens (including phenoxy) is 1. The molecule has 3 rings (SSSR count). The largest absolute Gasteiger partial charge is 0.384 e. The zero-order chi connectivity index (χ0) is 18.5. The Morgan fingerprint density at radius 3 is 2.60 bits per heavy atom. The van der Waals surface area contributed by atoms with Gasteiger partial charge in [0.15, 0.2) is 0 Å². The van der Waals surface area contributed by atoms with Crippen LogP contribution in [-0.4, -0.2) is 47.7 Å². The second-order valence-electron chi connectivity index (χ2n) is 10.1. The van der Waals surface area contributed by atoms with E-state index in [2.05, 4.69) is 32.7 Å². The molecule has 0 aromatic heterocycles. The van der Waals surface area contributed by atoms with Crippen LogP contribution in [0.15, 0.2) is 5.10 Å². The second kappa shape index (κ2) is 6.53. The van der Waals surface area contributed by atoms with Gasteiger partial charge in [-0.2, -0.15) is 5.10 Å². The first-order chi connectivity index (χ1) is 11.6. The third kappa shape index (κ3) is 3.25. The van der Waals surface area contributed by atoms with Crippen molar-refractivity contribution < 1.29 is 9.84 Å². The molecule has 0 bridgehead atoms. The van der Waals surface area contributed by atoms with Crippen LogP contribution in [0.4, 0.5) is 0 Å². The summed E-state index contributed by atoms with van der Waals surface area (Å²) in [5, 5.41) is 18.9. The second-order valence-corrected chi connectivity index (χ2v) is 10.1. The molecule has 1 N–H and O–H groups in total. The quantitative estimate of drug-likeness (QED) is 0.834. The number of hydrazone groups is 1. The topological polar surface area (TPSA) is 45.1 Å². The molecule has 144 valence electrons. The summed E-state index contributed by atoms with van der Waals surface area (Å²) in [7, 11) is 1.76. The number of hydrogen-bond acceptors (Lipinski definition) is 4. The highest BCUT2D eigenvalue weighted by Gasteiger charge is 2.62. The molecule has 2 saturated carbocycles. The van der Waals surface area contributed by atoms with E-state index in [9.17, 15) is 5.11 Å². The first kappa shape index (κ1) is 19.2. The van der Waals surface area contributed by atoms with Crippen LogP contribution >= 0.6 is 0 Å². The number of aliphatic hydroxyl groups is 1. The van der Waals surface area contributed by atoms with Gasteiger partial charge < -0.3 is 9.84 Å². The summed E-state index contributed by atoms with van der Waals surface area (Å²) in [5.41, 5.74) is 0.451. The fourth-order valence-electron chi connectivity index (χ4n) is 6.44. The maximum Gasteiger partial charge on any atom is 0.107 e. The Morgan fingerprint density at radius 2 is 1.96 bits per heavy atom. The summed E-state index contributed by atoms with van der Waals surface area (Å²) in [4.78, 5) is 0. The van der Waals surface area contributed by atoms with E-state index in [-0.39, 0.29) is 10.8 Å². The zero-order valence-electron chi connectivity index (χ0n) is 17.1. The average Bonchev–Trinajstić information content (AvgIpc) is 2.97. The molecule has 0 radical (unpaired) electrons. The van der Waals surface area contributed by atoms with E-state index in [1.807, 2.05) is 6.92 Å². The standard InChI is InChI=1S/C21H38N2O2/c1-15-11-19(3,4)14-21(12-15)16(2)10-18(20(21,5)24)22-23-9-7-8-17(23)13-25-6/h15-17,24H,7-14H2,1-6H3/b22-18+/t15-,16+,17-,20+,21+/m0/s1. The minimum Gasteiger partial charge on any atom is -0.384 e. The van der Waals surface area contributed by atoms with Crippen LogP contribution in [0, 0.1) is 22.7 Å². The van der Waals surface area contributed by atoms with Gasteiger partial charge in [0.1, 0.15) is 5.60 Å². The summed E-state index contributed by atoms with van der Waals surface area (Å²) in [5.74, 6) is 1.14. The molecule has 3 fully saturated rings. The third-order valence-corrected chi connectivity index (χ3v) is 7.34. The van der Waals surface area contributed by atoms with E-state index >= 15 is 0 Å². The van der Waals surface area contributed by atoms with E-state index in [1.54, 1.807) is 7.11 Å². The number of nitrogens with zero attached hydrogens (tertiary/aromatic N) is 2. The highest BCUT2D eigenvalue weighted by molar-refractivity contribution is 5.95. The van der Waals surface area contributed by atoms with Crippen LogP contribution < -0.4 is 0 Å². The molecule has 0 aromatic carbocycles. The fraction of sp³-hybridized carbons (Fsp3) is 0.952. The Kier molecular flexibility index (Phi) is 5.00. The van der Waals surface area contributed by atoms with Crippen molar-refractivity contribution in [3.05, 3.63) is 0 Å². The molecule has 2 aliphatic carbocycles. The molecule has 3 aliphatic rings. The van der Waals surface area contributed by atoms with Crippen LogP contribution in [0.2, 0.25) is 0 Å². The Balaban J connectivity index is 1.90. The predicted molar refractivity (Wildman–Crippen MR) is 103 cm³/mol. The van der Waals surface area contributed by atoms with Crippen LogP contribution in [0.1, 0.15) is 73.1 Å². The van der Waals surface area contributed by atoms with Crippen molar-refractivity contribution in [2.75, 3.05) is 20.3 Å². The summed E-state index contributed by atoms with van der Waals surface area (Å²) < 4.78 is 5.37. The van der Waals surface area contributed by atoms with Crippen LogP contribution in [0.25, 0.3) is 0 Å². The van der Waals surface area contributed by atoms with Gasteiger partial charge in [-0.1, -0.05) is 27.7 Å². The van der Waals surface area contributed by atoms with Gasteiger partial charge in [-0.15, -0.1) is 0 Å². The van der Waals surface area contributed by atoms with Crippen molar-refractivity contribution in [3.8, 4) is 0 Å². The van der Waals surface area contributed by atoms with Crippen molar-refractivity contribution in [2.24, 2.45) is 27.8 Å². The molecule has 0 aromatic rings. The van der Waals surface area contributed by atoms with Crippen molar-refractivity contribution >= 4 is 5.71 Å². The minimum absolute atomic E-state index is 0.0382. The molecule has 1 saturated heterocycles. The summed E-state index contributed by atoms with van der Waals surface area (Å²) >= 11 is 0. The molecule has 25 heavy (non-hydrogen) atoms. The minimum atomic E-state index is -0.807. The number of rotatable bonds is 3. The molecule has 1 spiro atoms. The Hall–Kier alpha value is -0.610. The van der Waals surface area contributed by atoms with Crippen LogP contribution in [0.3, 0.4) is 0 Å². The molecule has 4 heteroatoms. The number of hydrogen-bond donors (Lipinski definition) is 1. The smallest absolute Gasteiger partial charge is 0.107 e. The van der Waals surface area contributed by atoms with Gasteiger partial charge in [0.2, 0.25) is 0 Å². The first-order valence-electron chi connectivity index (χ1n) is 10.2. The summed E-state index contributed by atoms with van der Waals surface area (Å²) in [6, 6.07) is 0.363. The molecule has 1 aliphatic heterocycles.